The molecule has 0 unspecified atom stereocenters. The number of aromatic amines is 1. The predicted octanol–water partition coefficient (Wildman–Crippen LogP) is -0.198. The summed E-state index contributed by atoms with van der Waals surface area (Å²) in [6.45, 7) is 5.16. The molecule has 0 saturated carbocycles. The molecule has 126 valence electrons. The lowest BCUT2D eigenvalue weighted by Gasteiger charge is -2.23. The molecule has 1 aliphatic heterocycles. The molecule has 2 aromatic heterocycles. The van der Waals surface area contributed by atoms with Crippen molar-refractivity contribution in [3.63, 3.8) is 0 Å². The van der Waals surface area contributed by atoms with Crippen LogP contribution in [0, 0.1) is 0 Å². The number of morpholine rings is 1. The fourth-order valence-corrected chi connectivity index (χ4v) is 3.24. The van der Waals surface area contributed by atoms with Gasteiger partial charge in [-0.25, -0.2) is 4.98 Å². The van der Waals surface area contributed by atoms with Crippen LogP contribution in [0.5, 0.6) is 5.75 Å². The van der Waals surface area contributed by atoms with Gasteiger partial charge in [0.05, 0.1) is 39.7 Å². The van der Waals surface area contributed by atoms with Gasteiger partial charge in [0.15, 0.2) is 0 Å². The topological polar surface area (TPSA) is 73.6 Å². The minimum Gasteiger partial charge on any atom is -0.497 e. The maximum absolute atomic E-state index is 12.8. The molecule has 24 heavy (non-hydrogen) atoms. The van der Waals surface area contributed by atoms with Crippen LogP contribution in [0.25, 0.3) is 21.9 Å². The van der Waals surface area contributed by atoms with Crippen LogP contribution >= 0.6 is 0 Å². The Bertz CT molecular complexity index is 925. The zero-order chi connectivity index (χ0) is 16.5. The summed E-state index contributed by atoms with van der Waals surface area (Å²) in [5.41, 5.74) is 2.12. The molecule has 0 radical (unpaired) electrons. The molecular weight excluding hydrogens is 308 g/mol. The first-order valence-electron chi connectivity index (χ1n) is 8.22. The molecule has 0 amide bonds. The highest BCUT2D eigenvalue weighted by atomic mass is 16.5. The number of quaternary nitrogens is 1. The summed E-state index contributed by atoms with van der Waals surface area (Å²) >= 11 is 0. The van der Waals surface area contributed by atoms with Crippen molar-refractivity contribution in [3.8, 4) is 5.75 Å². The summed E-state index contributed by atoms with van der Waals surface area (Å²) in [5.74, 6) is 0.755. The molecule has 0 atom stereocenters. The van der Waals surface area contributed by atoms with E-state index in [0.29, 0.717) is 17.6 Å². The minimum atomic E-state index is -0.0252. The lowest BCUT2D eigenvalue weighted by atomic mass is 10.2. The van der Waals surface area contributed by atoms with Gasteiger partial charge < -0.3 is 19.4 Å². The van der Waals surface area contributed by atoms with Gasteiger partial charge in [-0.15, -0.1) is 0 Å². The van der Waals surface area contributed by atoms with Gasteiger partial charge in [0.25, 0.3) is 5.56 Å². The molecule has 1 saturated heterocycles. The van der Waals surface area contributed by atoms with Crippen LogP contribution in [0.4, 0.5) is 0 Å². The summed E-state index contributed by atoms with van der Waals surface area (Å²) in [4.78, 5) is 21.9. The van der Waals surface area contributed by atoms with Crippen molar-refractivity contribution in [1.29, 1.82) is 0 Å². The third kappa shape index (κ3) is 2.65. The van der Waals surface area contributed by atoms with Crippen LogP contribution in [0.1, 0.15) is 0 Å². The van der Waals surface area contributed by atoms with Gasteiger partial charge in [0.1, 0.15) is 29.9 Å². The van der Waals surface area contributed by atoms with Crippen molar-refractivity contribution in [2.24, 2.45) is 0 Å². The van der Waals surface area contributed by atoms with E-state index in [0.717, 1.165) is 49.5 Å². The highest BCUT2D eigenvalue weighted by Crippen LogP contribution is 2.25. The molecule has 4 rings (SSSR count). The number of hydrogen-bond donors (Lipinski definition) is 2. The number of ether oxygens (including phenoxy) is 2. The molecule has 1 fully saturated rings. The smallest absolute Gasteiger partial charge is 0.277 e. The standard InChI is InChI=1S/C17H20N4O3/c1-23-12-2-3-14-13(10-12)15-16(19-14)17(22)21(11-18-15)5-4-20-6-8-24-9-7-20/h2-3,10-11,19H,4-9H2,1H3/p+1. The maximum Gasteiger partial charge on any atom is 0.277 e. The number of benzene rings is 1. The zero-order valence-corrected chi connectivity index (χ0v) is 13.7. The molecule has 0 bridgehead atoms. The fourth-order valence-electron chi connectivity index (χ4n) is 3.24. The first-order valence-corrected chi connectivity index (χ1v) is 8.22. The minimum absolute atomic E-state index is 0.0252. The number of fused-ring (bicyclic) bond motifs is 3. The van der Waals surface area contributed by atoms with E-state index in [4.69, 9.17) is 9.47 Å². The highest BCUT2D eigenvalue weighted by molar-refractivity contribution is 6.04. The molecule has 7 heteroatoms. The van der Waals surface area contributed by atoms with Crippen molar-refractivity contribution in [3.05, 3.63) is 34.9 Å². The van der Waals surface area contributed by atoms with Crippen molar-refractivity contribution in [1.82, 2.24) is 14.5 Å². The second kappa shape index (κ2) is 6.26. The van der Waals surface area contributed by atoms with Crippen LogP contribution in [0.3, 0.4) is 0 Å². The number of aromatic nitrogens is 3. The van der Waals surface area contributed by atoms with E-state index in [9.17, 15) is 4.79 Å². The van der Waals surface area contributed by atoms with E-state index in [1.165, 1.54) is 4.90 Å². The molecular formula is C17H21N4O3+. The Labute approximate surface area is 138 Å². The lowest BCUT2D eigenvalue weighted by molar-refractivity contribution is -0.908. The average Bonchev–Trinajstić information content (AvgIpc) is 3.00. The molecule has 0 aliphatic carbocycles. The Kier molecular flexibility index (Phi) is 3.95. The number of methoxy groups -OCH3 is 1. The summed E-state index contributed by atoms with van der Waals surface area (Å²) in [5, 5.41) is 0.910. The van der Waals surface area contributed by atoms with Crippen LogP contribution < -0.4 is 15.2 Å². The Balaban J connectivity index is 1.67. The molecule has 3 heterocycles. The number of nitrogens with zero attached hydrogens (tertiary/aromatic N) is 2. The second-order valence-electron chi connectivity index (χ2n) is 6.12. The molecule has 2 N–H and O–H groups in total. The molecule has 7 nitrogen and oxygen atoms in total. The summed E-state index contributed by atoms with van der Waals surface area (Å²) < 4.78 is 12.3. The summed E-state index contributed by atoms with van der Waals surface area (Å²) in [6, 6.07) is 5.69. The first kappa shape index (κ1) is 15.2. The maximum atomic E-state index is 12.8. The van der Waals surface area contributed by atoms with Gasteiger partial charge in [0, 0.05) is 10.9 Å². The summed E-state index contributed by atoms with van der Waals surface area (Å²) in [6.07, 6.45) is 1.65. The van der Waals surface area contributed by atoms with Crippen LogP contribution in [-0.2, 0) is 11.3 Å². The number of nitrogens with one attached hydrogen (secondary N) is 2. The van der Waals surface area contributed by atoms with Crippen molar-refractivity contribution in [2.45, 2.75) is 6.54 Å². The molecule has 3 aromatic rings. The monoisotopic (exact) mass is 329 g/mol. The van der Waals surface area contributed by atoms with E-state index in [2.05, 4.69) is 9.97 Å². The Hall–Kier alpha value is -2.38. The molecule has 1 aliphatic rings. The highest BCUT2D eigenvalue weighted by Gasteiger charge is 2.15. The number of H-pyrrole nitrogens is 1. The van der Waals surface area contributed by atoms with Crippen LogP contribution in [0.15, 0.2) is 29.3 Å². The second-order valence-corrected chi connectivity index (χ2v) is 6.12. The van der Waals surface area contributed by atoms with Gasteiger partial charge >= 0.3 is 0 Å². The Morgan fingerprint density at radius 3 is 3.00 bits per heavy atom. The van der Waals surface area contributed by atoms with Gasteiger partial charge in [-0.05, 0) is 18.2 Å². The third-order valence-electron chi connectivity index (χ3n) is 4.69. The van der Waals surface area contributed by atoms with Crippen molar-refractivity contribution >= 4 is 21.9 Å². The van der Waals surface area contributed by atoms with Gasteiger partial charge in [0.2, 0.25) is 0 Å². The van der Waals surface area contributed by atoms with E-state index in [1.807, 2.05) is 18.2 Å². The third-order valence-corrected chi connectivity index (χ3v) is 4.69. The molecule has 0 spiro atoms. The predicted molar refractivity (Wildman–Crippen MR) is 90.8 cm³/mol. The number of hydrogen-bond acceptors (Lipinski definition) is 4. The largest absolute Gasteiger partial charge is 0.497 e. The average molecular weight is 329 g/mol. The van der Waals surface area contributed by atoms with Crippen LogP contribution in [0.2, 0.25) is 0 Å². The fraction of sp³-hybridized carbons (Fsp3) is 0.412. The van der Waals surface area contributed by atoms with Gasteiger partial charge in [-0.1, -0.05) is 0 Å². The first-order chi connectivity index (χ1) is 11.8. The normalized spacial score (nSPS) is 16.0. The quantitative estimate of drug-likeness (QED) is 0.695. The van der Waals surface area contributed by atoms with E-state index >= 15 is 0 Å². The van der Waals surface area contributed by atoms with E-state index < -0.39 is 0 Å². The van der Waals surface area contributed by atoms with E-state index in [-0.39, 0.29) is 5.56 Å². The lowest BCUT2D eigenvalue weighted by Crippen LogP contribution is -3.14. The summed E-state index contributed by atoms with van der Waals surface area (Å²) in [7, 11) is 1.63. The SMILES string of the molecule is COc1ccc2[nH]c3c(=O)n(CC[NH+]4CCOCC4)cnc3c2c1. The Morgan fingerprint density at radius 2 is 2.21 bits per heavy atom. The van der Waals surface area contributed by atoms with Crippen molar-refractivity contribution in [2.75, 3.05) is 40.0 Å². The Morgan fingerprint density at radius 1 is 1.38 bits per heavy atom. The van der Waals surface area contributed by atoms with Crippen LogP contribution in [-0.4, -0.2) is 54.5 Å². The van der Waals surface area contributed by atoms with Crippen molar-refractivity contribution < 1.29 is 14.4 Å². The van der Waals surface area contributed by atoms with Gasteiger partial charge in [-0.2, -0.15) is 0 Å². The molecule has 1 aromatic carbocycles. The van der Waals surface area contributed by atoms with E-state index in [1.54, 1.807) is 18.0 Å². The van der Waals surface area contributed by atoms with Gasteiger partial charge in [-0.3, -0.25) is 9.36 Å². The number of rotatable bonds is 4. The zero-order valence-electron chi connectivity index (χ0n) is 13.7.